The number of hydrogen-bond acceptors (Lipinski definition) is 7. The lowest BCUT2D eigenvalue weighted by Crippen LogP contribution is -2.11. The van der Waals surface area contributed by atoms with E-state index >= 15 is 0 Å². The van der Waals surface area contributed by atoms with E-state index in [1.807, 2.05) is 6.07 Å². The van der Waals surface area contributed by atoms with Gasteiger partial charge in [0.15, 0.2) is 5.69 Å². The number of nitro groups is 1. The highest BCUT2D eigenvalue weighted by molar-refractivity contribution is 7.80. The lowest BCUT2D eigenvalue weighted by atomic mass is 10.2. The summed E-state index contributed by atoms with van der Waals surface area (Å²) in [6.07, 6.45) is 1.35. The molecule has 0 aliphatic carbocycles. The Morgan fingerprint density at radius 3 is 2.73 bits per heavy atom. The minimum absolute atomic E-state index is 0.0274. The van der Waals surface area contributed by atoms with Crippen LogP contribution in [-0.2, 0) is 4.74 Å². The first-order chi connectivity index (χ1) is 10.4. The van der Waals surface area contributed by atoms with Gasteiger partial charge < -0.3 is 15.0 Å². The SMILES string of the molecule is COC(=O)c1c(N)c(C#N)cn1-c1ccc([N+](=O)[O-])cc1S. The number of nitrogen functional groups attached to an aromatic ring is 1. The van der Waals surface area contributed by atoms with Crippen molar-refractivity contribution in [3.8, 4) is 11.8 Å². The van der Waals surface area contributed by atoms with Crippen LogP contribution in [0.15, 0.2) is 29.3 Å². The fourth-order valence-corrected chi connectivity index (χ4v) is 2.25. The second-order valence-electron chi connectivity index (χ2n) is 4.21. The van der Waals surface area contributed by atoms with Gasteiger partial charge in [0.05, 0.1) is 29.0 Å². The van der Waals surface area contributed by atoms with Gasteiger partial charge in [0.25, 0.3) is 5.69 Å². The van der Waals surface area contributed by atoms with E-state index in [0.29, 0.717) is 5.69 Å². The normalized spacial score (nSPS) is 10.0. The van der Waals surface area contributed by atoms with Crippen molar-refractivity contribution in [3.05, 3.63) is 45.8 Å². The number of ether oxygens (including phenoxy) is 1. The summed E-state index contributed by atoms with van der Waals surface area (Å²) in [7, 11) is 1.18. The van der Waals surface area contributed by atoms with Crippen LogP contribution in [0.4, 0.5) is 11.4 Å². The standard InChI is InChI=1S/C13H10N4O4S/c1-21-13(18)12-11(15)7(5-14)6-16(12)9-3-2-8(17(19)20)4-10(9)22/h2-4,6,22H,15H2,1H3. The molecule has 0 fully saturated rings. The van der Waals surface area contributed by atoms with E-state index in [1.54, 1.807) is 0 Å². The number of carbonyl (C=O) groups excluding carboxylic acids is 1. The monoisotopic (exact) mass is 318 g/mol. The van der Waals surface area contributed by atoms with Crippen molar-refractivity contribution < 1.29 is 14.5 Å². The molecule has 22 heavy (non-hydrogen) atoms. The van der Waals surface area contributed by atoms with Gasteiger partial charge in [-0.1, -0.05) is 0 Å². The minimum Gasteiger partial charge on any atom is -0.464 e. The van der Waals surface area contributed by atoms with Crippen molar-refractivity contribution >= 4 is 30.0 Å². The lowest BCUT2D eigenvalue weighted by molar-refractivity contribution is -0.385. The number of carbonyl (C=O) groups is 1. The first-order valence-corrected chi connectivity index (χ1v) is 6.32. The van der Waals surface area contributed by atoms with Crippen LogP contribution in [0, 0.1) is 21.4 Å². The van der Waals surface area contributed by atoms with Gasteiger partial charge in [-0.3, -0.25) is 10.1 Å². The zero-order valence-corrected chi connectivity index (χ0v) is 12.2. The summed E-state index contributed by atoms with van der Waals surface area (Å²) in [5.41, 5.74) is 6.02. The summed E-state index contributed by atoms with van der Waals surface area (Å²) in [5.74, 6) is -0.731. The van der Waals surface area contributed by atoms with Gasteiger partial charge in [-0.2, -0.15) is 5.26 Å². The van der Waals surface area contributed by atoms with Crippen LogP contribution in [0.5, 0.6) is 0 Å². The van der Waals surface area contributed by atoms with Crippen molar-refractivity contribution in [2.24, 2.45) is 0 Å². The van der Waals surface area contributed by atoms with Gasteiger partial charge in [0.1, 0.15) is 6.07 Å². The van der Waals surface area contributed by atoms with Crippen LogP contribution in [0.3, 0.4) is 0 Å². The maximum atomic E-state index is 11.9. The average Bonchev–Trinajstić information content (AvgIpc) is 2.82. The molecule has 1 aromatic heterocycles. The van der Waals surface area contributed by atoms with Crippen LogP contribution in [0.2, 0.25) is 0 Å². The largest absolute Gasteiger partial charge is 0.464 e. The number of non-ortho nitro benzene ring substituents is 1. The first-order valence-electron chi connectivity index (χ1n) is 5.87. The zero-order chi connectivity index (χ0) is 16.4. The third-order valence-electron chi connectivity index (χ3n) is 2.97. The molecule has 0 saturated heterocycles. The maximum Gasteiger partial charge on any atom is 0.357 e. The number of methoxy groups -OCH3 is 1. The minimum atomic E-state index is -0.731. The number of rotatable bonds is 3. The predicted octanol–water partition coefficient (Wildman–Crippen LogP) is 1.91. The molecule has 2 rings (SSSR count). The number of anilines is 1. The van der Waals surface area contributed by atoms with Crippen LogP contribution in [0.1, 0.15) is 16.1 Å². The number of aromatic nitrogens is 1. The Hall–Kier alpha value is -2.99. The number of nitriles is 1. The Balaban J connectivity index is 2.70. The van der Waals surface area contributed by atoms with Crippen molar-refractivity contribution in [2.45, 2.75) is 4.90 Å². The quantitative estimate of drug-likeness (QED) is 0.385. The number of hydrogen-bond donors (Lipinski definition) is 2. The Morgan fingerprint density at radius 1 is 1.55 bits per heavy atom. The van der Waals surface area contributed by atoms with E-state index < -0.39 is 10.9 Å². The number of nitrogens with two attached hydrogens (primary N) is 1. The van der Waals surface area contributed by atoms with Crippen molar-refractivity contribution in [1.82, 2.24) is 4.57 Å². The highest BCUT2D eigenvalue weighted by Gasteiger charge is 2.23. The van der Waals surface area contributed by atoms with E-state index in [4.69, 9.17) is 11.0 Å². The second-order valence-corrected chi connectivity index (χ2v) is 4.69. The molecule has 0 unspecified atom stereocenters. The predicted molar refractivity (Wildman–Crippen MR) is 80.1 cm³/mol. The number of nitrogens with zero attached hydrogens (tertiary/aromatic N) is 3. The van der Waals surface area contributed by atoms with Gasteiger partial charge >= 0.3 is 5.97 Å². The molecule has 1 heterocycles. The highest BCUT2D eigenvalue weighted by atomic mass is 32.1. The van der Waals surface area contributed by atoms with E-state index in [1.165, 1.54) is 36.1 Å². The van der Waals surface area contributed by atoms with E-state index in [0.717, 1.165) is 0 Å². The Labute approximate surface area is 130 Å². The molecule has 0 amide bonds. The zero-order valence-electron chi connectivity index (χ0n) is 11.3. The smallest absolute Gasteiger partial charge is 0.357 e. The van der Waals surface area contributed by atoms with Gasteiger partial charge in [-0.05, 0) is 6.07 Å². The second kappa shape index (κ2) is 5.79. The van der Waals surface area contributed by atoms with Gasteiger partial charge in [-0.25, -0.2) is 4.79 Å². The topological polar surface area (TPSA) is 124 Å². The number of benzene rings is 1. The van der Waals surface area contributed by atoms with Gasteiger partial charge in [-0.15, -0.1) is 12.6 Å². The third-order valence-corrected chi connectivity index (χ3v) is 3.33. The molecule has 1 aromatic carbocycles. The van der Waals surface area contributed by atoms with Gasteiger partial charge in [0, 0.05) is 23.2 Å². The summed E-state index contributed by atoms with van der Waals surface area (Å²) in [6.45, 7) is 0. The highest BCUT2D eigenvalue weighted by Crippen LogP contribution is 2.30. The van der Waals surface area contributed by atoms with E-state index in [2.05, 4.69) is 17.4 Å². The Bertz CT molecular complexity index is 822. The molecule has 0 aliphatic rings. The molecule has 0 saturated carbocycles. The number of esters is 1. The van der Waals surface area contributed by atoms with Crippen molar-refractivity contribution in [1.29, 1.82) is 5.26 Å². The van der Waals surface area contributed by atoms with Crippen LogP contribution >= 0.6 is 12.6 Å². The molecule has 8 nitrogen and oxygen atoms in total. The van der Waals surface area contributed by atoms with Crippen LogP contribution in [-0.4, -0.2) is 22.6 Å². The van der Waals surface area contributed by atoms with E-state index in [-0.39, 0.29) is 27.5 Å². The fourth-order valence-electron chi connectivity index (χ4n) is 1.93. The van der Waals surface area contributed by atoms with Crippen LogP contribution < -0.4 is 5.73 Å². The molecule has 2 N–H and O–H groups in total. The molecular formula is C13H10N4O4S. The molecule has 0 bridgehead atoms. The molecule has 112 valence electrons. The Kier molecular flexibility index (Phi) is 4.05. The summed E-state index contributed by atoms with van der Waals surface area (Å²) < 4.78 is 5.98. The molecular weight excluding hydrogens is 308 g/mol. The molecule has 0 aliphatic heterocycles. The molecule has 2 aromatic rings. The molecule has 9 heteroatoms. The van der Waals surface area contributed by atoms with Gasteiger partial charge in [0.2, 0.25) is 0 Å². The molecule has 0 atom stereocenters. The average molecular weight is 318 g/mol. The first kappa shape index (κ1) is 15.4. The number of nitro benzene ring substituents is 1. The molecule has 0 spiro atoms. The third kappa shape index (κ3) is 2.47. The van der Waals surface area contributed by atoms with Crippen molar-refractivity contribution in [2.75, 3.05) is 12.8 Å². The fraction of sp³-hybridized carbons (Fsp3) is 0.0769. The van der Waals surface area contributed by atoms with E-state index in [9.17, 15) is 14.9 Å². The summed E-state index contributed by atoms with van der Waals surface area (Å²) >= 11 is 4.19. The summed E-state index contributed by atoms with van der Waals surface area (Å²) in [5, 5.41) is 19.8. The summed E-state index contributed by atoms with van der Waals surface area (Å²) in [6, 6.07) is 5.78. The summed E-state index contributed by atoms with van der Waals surface area (Å²) in [4.78, 5) is 22.3. The number of thiol groups is 1. The molecule has 0 radical (unpaired) electrons. The van der Waals surface area contributed by atoms with Crippen LogP contribution in [0.25, 0.3) is 5.69 Å². The Morgan fingerprint density at radius 2 is 2.23 bits per heavy atom. The maximum absolute atomic E-state index is 11.9. The van der Waals surface area contributed by atoms with Crippen molar-refractivity contribution in [3.63, 3.8) is 0 Å². The lowest BCUT2D eigenvalue weighted by Gasteiger charge is -2.10.